The predicted molar refractivity (Wildman–Crippen MR) is 109 cm³/mol. The number of phenolic OH excluding ortho intramolecular Hbond substituents is 2. The molecule has 6 nitrogen and oxygen atoms in total. The average molecular weight is 404 g/mol. The molecule has 0 bridgehead atoms. The van der Waals surface area contributed by atoms with E-state index in [-0.39, 0.29) is 11.5 Å². The van der Waals surface area contributed by atoms with E-state index in [1.54, 1.807) is 18.2 Å². The molecule has 1 spiro atoms. The van der Waals surface area contributed by atoms with Crippen LogP contribution >= 0.6 is 0 Å². The van der Waals surface area contributed by atoms with Gasteiger partial charge in [0.05, 0.1) is 17.7 Å². The number of aromatic hydroxyl groups is 2. The van der Waals surface area contributed by atoms with Crippen LogP contribution in [0, 0.1) is 0 Å². The second-order valence-electron chi connectivity index (χ2n) is 7.26. The number of rotatable bonds is 3. The molecule has 0 aromatic heterocycles. The summed E-state index contributed by atoms with van der Waals surface area (Å²) in [7, 11) is 0. The third-order valence-electron chi connectivity index (χ3n) is 5.66. The van der Waals surface area contributed by atoms with Gasteiger partial charge >= 0.3 is 5.97 Å². The molecule has 0 fully saturated rings. The maximum Gasteiger partial charge on any atom is 0.340 e. The van der Waals surface area contributed by atoms with Crippen molar-refractivity contribution in [3.63, 3.8) is 0 Å². The minimum atomic E-state index is -1.31. The molecule has 0 radical (unpaired) electrons. The highest BCUT2D eigenvalue weighted by Crippen LogP contribution is 2.60. The summed E-state index contributed by atoms with van der Waals surface area (Å²) in [5.74, 6) is 0.707. The first-order chi connectivity index (χ1) is 14.5. The normalized spacial score (nSPS) is 18.3. The number of esters is 1. The Bertz CT molecular complexity index is 1200. The van der Waals surface area contributed by atoms with Gasteiger partial charge in [-0.15, -0.1) is 0 Å². The summed E-state index contributed by atoms with van der Waals surface area (Å²) < 4.78 is 18.2. The molecule has 0 saturated carbocycles. The van der Waals surface area contributed by atoms with E-state index in [9.17, 15) is 15.0 Å². The summed E-state index contributed by atoms with van der Waals surface area (Å²) >= 11 is 0. The first kappa shape index (κ1) is 18.4. The van der Waals surface area contributed by atoms with Crippen molar-refractivity contribution in [1.29, 1.82) is 0 Å². The highest BCUT2D eigenvalue weighted by molar-refractivity contribution is 5.97. The molecule has 30 heavy (non-hydrogen) atoms. The Balaban J connectivity index is 1.95. The molecule has 2 aliphatic heterocycles. The fourth-order valence-electron chi connectivity index (χ4n) is 4.46. The lowest BCUT2D eigenvalue weighted by molar-refractivity contribution is 0.0215. The third-order valence-corrected chi connectivity index (χ3v) is 5.66. The standard InChI is InChI=1S/C24H20O6/c1-3-14-18(26)12-20-21(22(14)28-4-2)24(17-10-9-13(25)11-19(17)29-20)16-8-6-5-7-15(16)23(27)30-24/h5-12,25-26H,3-4H2,1-2H3. The van der Waals surface area contributed by atoms with Gasteiger partial charge in [-0.25, -0.2) is 4.79 Å². The van der Waals surface area contributed by atoms with Crippen LogP contribution in [0.4, 0.5) is 0 Å². The summed E-state index contributed by atoms with van der Waals surface area (Å²) in [4.78, 5) is 12.9. The van der Waals surface area contributed by atoms with Crippen molar-refractivity contribution in [3.8, 4) is 28.7 Å². The lowest BCUT2D eigenvalue weighted by Gasteiger charge is -2.38. The van der Waals surface area contributed by atoms with Gasteiger partial charge in [0.25, 0.3) is 0 Å². The molecule has 1 unspecified atom stereocenters. The van der Waals surface area contributed by atoms with Gasteiger partial charge in [0, 0.05) is 28.8 Å². The van der Waals surface area contributed by atoms with Crippen molar-refractivity contribution in [2.24, 2.45) is 0 Å². The van der Waals surface area contributed by atoms with Crippen molar-refractivity contribution in [3.05, 3.63) is 76.3 Å². The summed E-state index contributed by atoms with van der Waals surface area (Å²) in [6.45, 7) is 4.13. The average Bonchev–Trinajstić information content (AvgIpc) is 3.01. The third kappa shape index (κ3) is 2.27. The van der Waals surface area contributed by atoms with Crippen LogP contribution < -0.4 is 9.47 Å². The van der Waals surface area contributed by atoms with Crippen LogP contribution in [0.2, 0.25) is 0 Å². The maximum absolute atomic E-state index is 12.9. The Labute approximate surface area is 173 Å². The van der Waals surface area contributed by atoms with Crippen LogP contribution in [0.1, 0.15) is 46.5 Å². The molecular weight excluding hydrogens is 384 g/mol. The smallest absolute Gasteiger partial charge is 0.340 e. The van der Waals surface area contributed by atoms with Crippen LogP contribution in [0.3, 0.4) is 0 Å². The number of hydrogen-bond acceptors (Lipinski definition) is 6. The number of hydrogen-bond donors (Lipinski definition) is 2. The highest BCUT2D eigenvalue weighted by Gasteiger charge is 2.55. The van der Waals surface area contributed by atoms with Crippen molar-refractivity contribution in [2.75, 3.05) is 6.61 Å². The van der Waals surface area contributed by atoms with E-state index >= 15 is 0 Å². The molecule has 2 aliphatic rings. The van der Waals surface area contributed by atoms with E-state index < -0.39 is 11.6 Å². The molecule has 3 aromatic rings. The van der Waals surface area contributed by atoms with Gasteiger partial charge in [-0.2, -0.15) is 0 Å². The van der Waals surface area contributed by atoms with E-state index in [1.165, 1.54) is 18.2 Å². The van der Waals surface area contributed by atoms with E-state index in [0.717, 1.165) is 0 Å². The van der Waals surface area contributed by atoms with Crippen molar-refractivity contribution in [2.45, 2.75) is 25.9 Å². The summed E-state index contributed by atoms with van der Waals surface area (Å²) in [5, 5.41) is 20.7. The Morgan fingerprint density at radius 2 is 1.80 bits per heavy atom. The summed E-state index contributed by atoms with van der Waals surface area (Å²) in [5.41, 5.74) is 1.54. The molecule has 5 rings (SSSR count). The minimum Gasteiger partial charge on any atom is -0.508 e. The second kappa shape index (κ2) is 6.42. The van der Waals surface area contributed by atoms with Gasteiger partial charge in [0.15, 0.2) is 5.60 Å². The van der Waals surface area contributed by atoms with Gasteiger partial charge in [-0.05, 0) is 31.5 Å². The molecule has 0 aliphatic carbocycles. The zero-order chi connectivity index (χ0) is 21.0. The van der Waals surface area contributed by atoms with Gasteiger partial charge in [-0.1, -0.05) is 25.1 Å². The number of benzene rings is 3. The second-order valence-corrected chi connectivity index (χ2v) is 7.26. The Morgan fingerprint density at radius 1 is 1.00 bits per heavy atom. The van der Waals surface area contributed by atoms with Crippen LogP contribution in [0.15, 0.2) is 48.5 Å². The summed E-state index contributed by atoms with van der Waals surface area (Å²) in [6.07, 6.45) is 0.516. The lowest BCUT2D eigenvalue weighted by atomic mass is 9.76. The predicted octanol–water partition coefficient (Wildman–Crippen LogP) is 4.63. The van der Waals surface area contributed by atoms with Crippen LogP contribution in [0.5, 0.6) is 28.7 Å². The zero-order valence-electron chi connectivity index (χ0n) is 16.6. The number of ether oxygens (including phenoxy) is 3. The quantitative estimate of drug-likeness (QED) is 0.620. The van der Waals surface area contributed by atoms with Crippen LogP contribution in [-0.2, 0) is 16.8 Å². The molecule has 152 valence electrons. The molecular formula is C24H20O6. The molecule has 3 aromatic carbocycles. The first-order valence-electron chi connectivity index (χ1n) is 9.87. The molecule has 6 heteroatoms. The topological polar surface area (TPSA) is 85.2 Å². The molecule has 1 atom stereocenters. The van der Waals surface area contributed by atoms with Crippen molar-refractivity contribution in [1.82, 2.24) is 0 Å². The Kier molecular flexibility index (Phi) is 3.93. The minimum absolute atomic E-state index is 0.0180. The fraction of sp³-hybridized carbons (Fsp3) is 0.208. The van der Waals surface area contributed by atoms with E-state index in [4.69, 9.17) is 14.2 Å². The monoisotopic (exact) mass is 404 g/mol. The van der Waals surface area contributed by atoms with Gasteiger partial charge in [0.1, 0.15) is 28.7 Å². The number of carbonyl (C=O) groups is 1. The number of fused-ring (bicyclic) bond motifs is 6. The number of carbonyl (C=O) groups excluding carboxylic acids is 1. The first-order valence-corrected chi connectivity index (χ1v) is 9.87. The number of phenols is 2. The maximum atomic E-state index is 12.9. The van der Waals surface area contributed by atoms with E-state index in [2.05, 4.69) is 0 Å². The Morgan fingerprint density at radius 3 is 2.57 bits per heavy atom. The SMILES string of the molecule is CCOc1c(CC)c(O)cc2c1C1(OC(=O)c3ccccc31)c1ccc(O)cc1O2. The summed E-state index contributed by atoms with van der Waals surface area (Å²) in [6, 6.07) is 13.4. The van der Waals surface area contributed by atoms with Gasteiger partial charge in [0.2, 0.25) is 0 Å². The fourth-order valence-corrected chi connectivity index (χ4v) is 4.46. The zero-order valence-corrected chi connectivity index (χ0v) is 16.6. The molecule has 2 heterocycles. The van der Waals surface area contributed by atoms with Gasteiger partial charge < -0.3 is 24.4 Å². The van der Waals surface area contributed by atoms with Crippen molar-refractivity contribution < 1.29 is 29.2 Å². The van der Waals surface area contributed by atoms with Crippen molar-refractivity contribution >= 4 is 5.97 Å². The van der Waals surface area contributed by atoms with Gasteiger partial charge in [-0.3, -0.25) is 0 Å². The molecule has 2 N–H and O–H groups in total. The molecule has 0 amide bonds. The lowest BCUT2D eigenvalue weighted by Crippen LogP contribution is -2.34. The highest BCUT2D eigenvalue weighted by atomic mass is 16.6. The van der Waals surface area contributed by atoms with Crippen LogP contribution in [0.25, 0.3) is 0 Å². The van der Waals surface area contributed by atoms with E-state index in [1.807, 2.05) is 26.0 Å². The van der Waals surface area contributed by atoms with E-state index in [0.29, 0.717) is 58.1 Å². The Hall–Kier alpha value is -3.67. The van der Waals surface area contributed by atoms with Crippen LogP contribution in [-0.4, -0.2) is 22.8 Å². The molecule has 0 saturated heterocycles. The largest absolute Gasteiger partial charge is 0.508 e.